The standard InChI is InChI=1S/C18H18N2O6/c19-8-1-3-10-25-15-6-5-7-16(26-11-4-2-9-20)17(15)13(21)12-14(22)18(23)24/h5-7H,1-4,10-12H2,(H,23,24). The molecule has 0 spiro atoms. The molecule has 0 aliphatic heterocycles. The molecule has 26 heavy (non-hydrogen) atoms. The number of nitrogens with zero attached hydrogens (tertiary/aromatic N) is 2. The number of benzene rings is 1. The fraction of sp³-hybridized carbons (Fsp3) is 0.389. The maximum atomic E-state index is 12.4. The molecular formula is C18H18N2O6. The summed E-state index contributed by atoms with van der Waals surface area (Å²) in [5.74, 6) is -3.34. The molecule has 0 radical (unpaired) electrons. The molecule has 0 aliphatic carbocycles. The zero-order valence-electron chi connectivity index (χ0n) is 14.1. The average molecular weight is 358 g/mol. The number of carbonyl (C=O) groups is 3. The summed E-state index contributed by atoms with van der Waals surface area (Å²) < 4.78 is 11.0. The van der Waals surface area contributed by atoms with Crippen LogP contribution in [-0.2, 0) is 9.59 Å². The normalized spacial score (nSPS) is 9.62. The maximum Gasteiger partial charge on any atom is 0.372 e. The van der Waals surface area contributed by atoms with E-state index < -0.39 is 24.0 Å². The molecule has 0 fully saturated rings. The zero-order chi connectivity index (χ0) is 19.4. The van der Waals surface area contributed by atoms with E-state index in [1.165, 1.54) is 12.1 Å². The summed E-state index contributed by atoms with van der Waals surface area (Å²) in [7, 11) is 0. The molecule has 0 heterocycles. The highest BCUT2D eigenvalue weighted by Gasteiger charge is 2.24. The van der Waals surface area contributed by atoms with Crippen LogP contribution in [0.3, 0.4) is 0 Å². The van der Waals surface area contributed by atoms with Gasteiger partial charge in [0.15, 0.2) is 5.78 Å². The molecular weight excluding hydrogens is 340 g/mol. The molecule has 0 saturated heterocycles. The SMILES string of the molecule is N#CCCCOc1cccc(OCCCC#N)c1C(=O)CC(=O)C(=O)O. The van der Waals surface area contributed by atoms with Crippen molar-refractivity contribution in [3.05, 3.63) is 23.8 Å². The van der Waals surface area contributed by atoms with Crippen LogP contribution in [0.2, 0.25) is 0 Å². The molecule has 136 valence electrons. The molecule has 1 aromatic carbocycles. The van der Waals surface area contributed by atoms with Crippen molar-refractivity contribution in [2.24, 2.45) is 0 Å². The first-order chi connectivity index (χ1) is 12.5. The summed E-state index contributed by atoms with van der Waals surface area (Å²) in [4.78, 5) is 34.5. The van der Waals surface area contributed by atoms with E-state index >= 15 is 0 Å². The smallest absolute Gasteiger partial charge is 0.372 e. The second kappa shape index (κ2) is 11.2. The first kappa shape index (κ1) is 20.7. The van der Waals surface area contributed by atoms with Crippen molar-refractivity contribution in [2.45, 2.75) is 32.1 Å². The van der Waals surface area contributed by atoms with Gasteiger partial charge >= 0.3 is 5.97 Å². The minimum absolute atomic E-state index is 0.0176. The monoisotopic (exact) mass is 358 g/mol. The van der Waals surface area contributed by atoms with Gasteiger partial charge in [-0.2, -0.15) is 10.5 Å². The first-order valence-electron chi connectivity index (χ1n) is 7.93. The minimum atomic E-state index is -1.69. The summed E-state index contributed by atoms with van der Waals surface area (Å²) in [5, 5.41) is 25.8. The average Bonchev–Trinajstić information content (AvgIpc) is 2.62. The van der Waals surface area contributed by atoms with Crippen LogP contribution < -0.4 is 9.47 Å². The fourth-order valence-electron chi connectivity index (χ4n) is 2.00. The van der Waals surface area contributed by atoms with Gasteiger partial charge in [0, 0.05) is 12.8 Å². The van der Waals surface area contributed by atoms with Crippen LogP contribution in [0.1, 0.15) is 42.5 Å². The Morgan fingerprint density at radius 2 is 1.46 bits per heavy atom. The van der Waals surface area contributed by atoms with Crippen molar-refractivity contribution in [1.82, 2.24) is 0 Å². The van der Waals surface area contributed by atoms with Gasteiger partial charge < -0.3 is 14.6 Å². The molecule has 0 bridgehead atoms. The topological polar surface area (TPSA) is 137 Å². The second-order valence-corrected chi connectivity index (χ2v) is 5.18. The van der Waals surface area contributed by atoms with E-state index in [1.54, 1.807) is 6.07 Å². The molecule has 1 N–H and O–H groups in total. The number of carboxylic acid groups (broad SMARTS) is 1. The number of ether oxygens (including phenoxy) is 2. The Hall–Kier alpha value is -3.39. The van der Waals surface area contributed by atoms with E-state index in [-0.39, 0.29) is 43.1 Å². The van der Waals surface area contributed by atoms with Crippen LogP contribution in [0.5, 0.6) is 11.5 Å². The van der Waals surface area contributed by atoms with Gasteiger partial charge in [-0.05, 0) is 25.0 Å². The summed E-state index contributed by atoms with van der Waals surface area (Å²) in [6.07, 6.45) is 0.648. The molecule has 1 rings (SSSR count). The lowest BCUT2D eigenvalue weighted by Crippen LogP contribution is -2.18. The Balaban J connectivity index is 3.02. The van der Waals surface area contributed by atoms with Gasteiger partial charge in [-0.3, -0.25) is 9.59 Å². The first-order valence-corrected chi connectivity index (χ1v) is 7.93. The Labute approximate surface area is 150 Å². The third-order valence-corrected chi connectivity index (χ3v) is 3.21. The number of rotatable bonds is 12. The molecule has 0 amide bonds. The molecule has 8 heteroatoms. The lowest BCUT2D eigenvalue weighted by Gasteiger charge is -2.15. The number of carbonyl (C=O) groups excluding carboxylic acids is 2. The quantitative estimate of drug-likeness (QED) is 0.260. The largest absolute Gasteiger partial charge is 0.493 e. The summed E-state index contributed by atoms with van der Waals surface area (Å²) >= 11 is 0. The highest BCUT2D eigenvalue weighted by Crippen LogP contribution is 2.30. The van der Waals surface area contributed by atoms with E-state index in [9.17, 15) is 14.4 Å². The molecule has 1 aromatic rings. The van der Waals surface area contributed by atoms with Crippen LogP contribution in [0.4, 0.5) is 0 Å². The lowest BCUT2D eigenvalue weighted by molar-refractivity contribution is -0.148. The van der Waals surface area contributed by atoms with Gasteiger partial charge in [0.2, 0.25) is 5.78 Å². The predicted octanol–water partition coefficient (Wildman–Crippen LogP) is 2.28. The Morgan fingerprint density at radius 1 is 0.962 bits per heavy atom. The van der Waals surface area contributed by atoms with Crippen LogP contribution in [-0.4, -0.2) is 35.9 Å². The van der Waals surface area contributed by atoms with Gasteiger partial charge in [0.1, 0.15) is 17.1 Å². The lowest BCUT2D eigenvalue weighted by atomic mass is 10.0. The predicted molar refractivity (Wildman–Crippen MR) is 88.7 cm³/mol. The third-order valence-electron chi connectivity index (χ3n) is 3.21. The molecule has 0 aliphatic rings. The summed E-state index contributed by atoms with van der Waals surface area (Å²) in [6, 6.07) is 8.55. The summed E-state index contributed by atoms with van der Waals surface area (Å²) in [6.45, 7) is 0.358. The van der Waals surface area contributed by atoms with Crippen molar-refractivity contribution in [3.8, 4) is 23.6 Å². The number of hydrogen-bond acceptors (Lipinski definition) is 7. The van der Waals surface area contributed by atoms with E-state index in [0.29, 0.717) is 12.8 Å². The van der Waals surface area contributed by atoms with Crippen molar-refractivity contribution in [2.75, 3.05) is 13.2 Å². The molecule has 0 unspecified atom stereocenters. The van der Waals surface area contributed by atoms with Gasteiger partial charge in [-0.1, -0.05) is 6.07 Å². The second-order valence-electron chi connectivity index (χ2n) is 5.18. The van der Waals surface area contributed by atoms with E-state index in [0.717, 1.165) is 0 Å². The fourth-order valence-corrected chi connectivity index (χ4v) is 2.00. The molecule has 0 aromatic heterocycles. The van der Waals surface area contributed by atoms with Crippen LogP contribution in [0.15, 0.2) is 18.2 Å². The van der Waals surface area contributed by atoms with Crippen molar-refractivity contribution in [1.29, 1.82) is 10.5 Å². The molecule has 8 nitrogen and oxygen atoms in total. The van der Waals surface area contributed by atoms with Gasteiger partial charge in [0.05, 0.1) is 31.8 Å². The minimum Gasteiger partial charge on any atom is -0.493 e. The molecule has 0 atom stereocenters. The number of carboxylic acids is 1. The van der Waals surface area contributed by atoms with Gasteiger partial charge in [-0.25, -0.2) is 4.79 Å². The molecule has 0 saturated carbocycles. The van der Waals surface area contributed by atoms with E-state index in [2.05, 4.69) is 0 Å². The number of ketones is 2. The number of unbranched alkanes of at least 4 members (excludes halogenated alkanes) is 2. The Kier molecular flexibility index (Phi) is 8.91. The van der Waals surface area contributed by atoms with E-state index in [1.807, 2.05) is 12.1 Å². The van der Waals surface area contributed by atoms with Crippen LogP contribution >= 0.6 is 0 Å². The number of nitriles is 2. The third kappa shape index (κ3) is 6.62. The number of hydrogen-bond donors (Lipinski definition) is 1. The highest BCUT2D eigenvalue weighted by atomic mass is 16.5. The highest BCUT2D eigenvalue weighted by molar-refractivity contribution is 6.37. The maximum absolute atomic E-state index is 12.4. The Morgan fingerprint density at radius 3 is 1.88 bits per heavy atom. The van der Waals surface area contributed by atoms with Crippen LogP contribution in [0.25, 0.3) is 0 Å². The van der Waals surface area contributed by atoms with Gasteiger partial charge in [-0.15, -0.1) is 0 Å². The number of Topliss-reactive ketones (excluding diaryl/α,β-unsaturated/α-hetero) is 2. The Bertz CT molecular complexity index is 705. The van der Waals surface area contributed by atoms with Gasteiger partial charge in [0.25, 0.3) is 0 Å². The zero-order valence-corrected chi connectivity index (χ0v) is 14.1. The van der Waals surface area contributed by atoms with Crippen molar-refractivity contribution < 1.29 is 29.0 Å². The van der Waals surface area contributed by atoms with Crippen LogP contribution in [0, 0.1) is 22.7 Å². The van der Waals surface area contributed by atoms with Crippen molar-refractivity contribution >= 4 is 17.5 Å². The summed E-state index contributed by atoms with van der Waals surface area (Å²) in [5.41, 5.74) is -0.0176. The van der Waals surface area contributed by atoms with Crippen molar-refractivity contribution in [3.63, 3.8) is 0 Å². The number of aliphatic carboxylic acids is 1. The van der Waals surface area contributed by atoms with E-state index in [4.69, 9.17) is 25.1 Å².